The summed E-state index contributed by atoms with van der Waals surface area (Å²) in [5, 5.41) is 11.0. The summed E-state index contributed by atoms with van der Waals surface area (Å²) in [5.41, 5.74) is -0.0241. The van der Waals surface area contributed by atoms with Crippen LogP contribution in [0.25, 0.3) is 0 Å². The summed E-state index contributed by atoms with van der Waals surface area (Å²) in [4.78, 5) is 14.6. The van der Waals surface area contributed by atoms with Crippen LogP contribution < -0.4 is 4.90 Å². The third-order valence-electron chi connectivity index (χ3n) is 3.48. The molecular formula is C14H20FN3O2. The molecule has 1 heterocycles. The van der Waals surface area contributed by atoms with Crippen molar-refractivity contribution in [3.8, 4) is 0 Å². The van der Waals surface area contributed by atoms with Gasteiger partial charge in [-0.15, -0.1) is 0 Å². The number of rotatable bonds is 4. The molecule has 0 aromatic heterocycles. The minimum atomic E-state index is -0.767. The van der Waals surface area contributed by atoms with Crippen LogP contribution in [0.5, 0.6) is 0 Å². The van der Waals surface area contributed by atoms with Crippen molar-refractivity contribution in [1.29, 1.82) is 0 Å². The zero-order valence-electron chi connectivity index (χ0n) is 11.9. The van der Waals surface area contributed by atoms with Crippen LogP contribution in [0.2, 0.25) is 0 Å². The first-order valence-electron chi connectivity index (χ1n) is 6.89. The number of hydrogen-bond acceptors (Lipinski definition) is 4. The van der Waals surface area contributed by atoms with Crippen molar-refractivity contribution in [2.45, 2.75) is 13.8 Å². The van der Waals surface area contributed by atoms with E-state index < -0.39 is 16.4 Å². The molecule has 0 unspecified atom stereocenters. The molecule has 0 radical (unpaired) electrons. The SMILES string of the molecule is CC(C)CN1CCN(c2cccc(F)c2[N+](=O)[O-])CC1. The molecule has 1 aromatic rings. The minimum Gasteiger partial charge on any atom is -0.363 e. The normalized spacial score (nSPS) is 16.7. The first kappa shape index (κ1) is 14.7. The number of nitro benzene ring substituents is 1. The maximum absolute atomic E-state index is 13.6. The van der Waals surface area contributed by atoms with Gasteiger partial charge in [0.1, 0.15) is 5.69 Å². The molecule has 0 N–H and O–H groups in total. The first-order valence-corrected chi connectivity index (χ1v) is 6.89. The Morgan fingerprint density at radius 2 is 1.95 bits per heavy atom. The van der Waals surface area contributed by atoms with E-state index in [1.807, 2.05) is 4.90 Å². The number of anilines is 1. The number of piperazine rings is 1. The van der Waals surface area contributed by atoms with Crippen molar-refractivity contribution < 1.29 is 9.31 Å². The molecule has 1 aliphatic rings. The number of nitrogens with zero attached hydrogens (tertiary/aromatic N) is 3. The lowest BCUT2D eigenvalue weighted by atomic mass is 10.1. The Kier molecular flexibility index (Phi) is 4.54. The lowest BCUT2D eigenvalue weighted by Crippen LogP contribution is -2.47. The second-order valence-corrected chi connectivity index (χ2v) is 5.55. The Morgan fingerprint density at radius 1 is 1.30 bits per heavy atom. The summed E-state index contributed by atoms with van der Waals surface area (Å²) < 4.78 is 13.6. The van der Waals surface area contributed by atoms with Crippen molar-refractivity contribution in [3.05, 3.63) is 34.1 Å². The Balaban J connectivity index is 2.11. The van der Waals surface area contributed by atoms with Crippen LogP contribution in [0.1, 0.15) is 13.8 Å². The highest BCUT2D eigenvalue weighted by Crippen LogP contribution is 2.31. The number of nitro groups is 1. The van der Waals surface area contributed by atoms with Gasteiger partial charge < -0.3 is 4.90 Å². The number of para-hydroxylation sites is 1. The van der Waals surface area contributed by atoms with E-state index in [1.165, 1.54) is 6.07 Å². The summed E-state index contributed by atoms with van der Waals surface area (Å²) in [5.74, 6) is -0.165. The fourth-order valence-electron chi connectivity index (χ4n) is 2.63. The van der Waals surface area contributed by atoms with Crippen LogP contribution in [0, 0.1) is 21.8 Å². The molecule has 5 nitrogen and oxygen atoms in total. The van der Waals surface area contributed by atoms with Gasteiger partial charge in [0.15, 0.2) is 0 Å². The topological polar surface area (TPSA) is 49.6 Å². The minimum absolute atomic E-state index is 0.388. The van der Waals surface area contributed by atoms with Crippen LogP contribution in [0.15, 0.2) is 18.2 Å². The average Bonchev–Trinajstić information content (AvgIpc) is 2.38. The van der Waals surface area contributed by atoms with E-state index in [4.69, 9.17) is 0 Å². The van der Waals surface area contributed by atoms with Crippen LogP contribution in [0.3, 0.4) is 0 Å². The molecule has 1 saturated heterocycles. The Hall–Kier alpha value is -1.69. The zero-order valence-corrected chi connectivity index (χ0v) is 11.9. The number of hydrogen-bond donors (Lipinski definition) is 0. The standard InChI is InChI=1S/C14H20FN3O2/c1-11(2)10-16-6-8-17(9-7-16)13-5-3-4-12(15)14(13)18(19)20/h3-5,11H,6-10H2,1-2H3. The molecule has 1 fully saturated rings. The van der Waals surface area contributed by atoms with Crippen LogP contribution in [-0.4, -0.2) is 42.5 Å². The van der Waals surface area contributed by atoms with Gasteiger partial charge in [0, 0.05) is 32.7 Å². The average molecular weight is 281 g/mol. The Bertz CT molecular complexity index is 485. The molecule has 0 amide bonds. The second kappa shape index (κ2) is 6.17. The van der Waals surface area contributed by atoms with E-state index >= 15 is 0 Å². The molecule has 1 aromatic carbocycles. The van der Waals surface area contributed by atoms with Gasteiger partial charge in [-0.3, -0.25) is 15.0 Å². The quantitative estimate of drug-likeness (QED) is 0.628. The summed E-state index contributed by atoms with van der Waals surface area (Å²) in [6, 6.07) is 4.29. The predicted octanol–water partition coefficient (Wildman–Crippen LogP) is 2.51. The van der Waals surface area contributed by atoms with Crippen LogP contribution >= 0.6 is 0 Å². The zero-order chi connectivity index (χ0) is 14.7. The van der Waals surface area contributed by atoms with E-state index in [1.54, 1.807) is 6.07 Å². The maximum atomic E-state index is 13.6. The van der Waals surface area contributed by atoms with Gasteiger partial charge in [-0.05, 0) is 18.1 Å². The van der Waals surface area contributed by atoms with Crippen LogP contribution in [-0.2, 0) is 0 Å². The molecular weight excluding hydrogens is 261 g/mol. The smallest absolute Gasteiger partial charge is 0.327 e. The van der Waals surface area contributed by atoms with E-state index in [-0.39, 0.29) is 0 Å². The monoisotopic (exact) mass is 281 g/mol. The Labute approximate surface area is 118 Å². The summed E-state index contributed by atoms with van der Waals surface area (Å²) in [6.07, 6.45) is 0. The summed E-state index contributed by atoms with van der Waals surface area (Å²) in [6.45, 7) is 8.46. The van der Waals surface area contributed by atoms with Gasteiger partial charge in [-0.1, -0.05) is 19.9 Å². The van der Waals surface area contributed by atoms with Gasteiger partial charge >= 0.3 is 5.69 Å². The van der Waals surface area contributed by atoms with Crippen molar-refractivity contribution in [1.82, 2.24) is 4.90 Å². The molecule has 1 aliphatic heterocycles. The molecule has 0 saturated carbocycles. The van der Waals surface area contributed by atoms with Gasteiger partial charge in [0.25, 0.3) is 0 Å². The first-order chi connectivity index (χ1) is 9.49. The van der Waals surface area contributed by atoms with Gasteiger partial charge in [-0.25, -0.2) is 0 Å². The maximum Gasteiger partial charge on any atom is 0.327 e. The fourth-order valence-corrected chi connectivity index (χ4v) is 2.63. The highest BCUT2D eigenvalue weighted by atomic mass is 19.1. The number of halogens is 1. The van der Waals surface area contributed by atoms with E-state index in [9.17, 15) is 14.5 Å². The van der Waals surface area contributed by atoms with E-state index in [0.717, 1.165) is 25.7 Å². The molecule has 110 valence electrons. The summed E-state index contributed by atoms with van der Waals surface area (Å²) >= 11 is 0. The lowest BCUT2D eigenvalue weighted by molar-refractivity contribution is -0.386. The van der Waals surface area contributed by atoms with E-state index in [2.05, 4.69) is 18.7 Å². The van der Waals surface area contributed by atoms with Crippen molar-refractivity contribution in [3.63, 3.8) is 0 Å². The molecule has 20 heavy (non-hydrogen) atoms. The van der Waals surface area contributed by atoms with Crippen molar-refractivity contribution in [2.75, 3.05) is 37.6 Å². The molecule has 2 rings (SSSR count). The molecule has 6 heteroatoms. The molecule has 0 aliphatic carbocycles. The Morgan fingerprint density at radius 3 is 2.50 bits per heavy atom. The molecule has 0 bridgehead atoms. The van der Waals surface area contributed by atoms with Crippen molar-refractivity contribution >= 4 is 11.4 Å². The second-order valence-electron chi connectivity index (χ2n) is 5.55. The third-order valence-corrected chi connectivity index (χ3v) is 3.48. The van der Waals surface area contributed by atoms with Gasteiger partial charge in [-0.2, -0.15) is 4.39 Å². The molecule has 0 atom stereocenters. The highest BCUT2D eigenvalue weighted by Gasteiger charge is 2.26. The highest BCUT2D eigenvalue weighted by molar-refractivity contribution is 5.64. The van der Waals surface area contributed by atoms with Gasteiger partial charge in [0.2, 0.25) is 5.82 Å². The van der Waals surface area contributed by atoms with Crippen LogP contribution in [0.4, 0.5) is 15.8 Å². The van der Waals surface area contributed by atoms with Crippen molar-refractivity contribution in [2.24, 2.45) is 5.92 Å². The summed E-state index contributed by atoms with van der Waals surface area (Å²) in [7, 11) is 0. The number of benzene rings is 1. The fraction of sp³-hybridized carbons (Fsp3) is 0.571. The van der Waals surface area contributed by atoms with Gasteiger partial charge in [0.05, 0.1) is 4.92 Å². The third kappa shape index (κ3) is 3.25. The molecule has 0 spiro atoms. The lowest BCUT2D eigenvalue weighted by Gasteiger charge is -2.36. The largest absolute Gasteiger partial charge is 0.363 e. The predicted molar refractivity (Wildman–Crippen MR) is 76.5 cm³/mol. The van der Waals surface area contributed by atoms with E-state index in [0.29, 0.717) is 24.7 Å².